The zero-order chi connectivity index (χ0) is 34.3. The average molecular weight is 645 g/mol. The first-order chi connectivity index (χ1) is 23.4. The Bertz CT molecular complexity index is 1390. The molecular formula is C46H64N2. The van der Waals surface area contributed by atoms with E-state index in [2.05, 4.69) is 120 Å². The molecule has 2 atom stereocenters. The van der Waals surface area contributed by atoms with Crippen LogP contribution in [0.5, 0.6) is 0 Å². The van der Waals surface area contributed by atoms with Gasteiger partial charge in [-0.2, -0.15) is 0 Å². The number of aryl methyl sites for hydroxylation is 2. The third-order valence-corrected chi connectivity index (χ3v) is 10.6. The van der Waals surface area contributed by atoms with E-state index in [0.717, 1.165) is 24.2 Å². The highest BCUT2D eigenvalue weighted by Crippen LogP contribution is 2.38. The molecule has 4 N–H and O–H groups in total. The Morgan fingerprint density at radius 2 is 0.729 bits per heavy atom. The summed E-state index contributed by atoms with van der Waals surface area (Å²) in [6, 6.07) is 32.3. The normalized spacial score (nSPS) is 13.4. The van der Waals surface area contributed by atoms with Crippen LogP contribution in [0.1, 0.15) is 173 Å². The molecule has 0 aromatic heterocycles. The molecule has 2 nitrogen and oxygen atoms in total. The molecule has 0 fully saturated rings. The van der Waals surface area contributed by atoms with Crippen molar-refractivity contribution < 1.29 is 0 Å². The van der Waals surface area contributed by atoms with Gasteiger partial charge in [0.2, 0.25) is 0 Å². The number of nitrogen functional groups attached to an aromatic ring is 2. The molecule has 0 aliphatic carbocycles. The van der Waals surface area contributed by atoms with Crippen LogP contribution >= 0.6 is 0 Å². The summed E-state index contributed by atoms with van der Waals surface area (Å²) in [6.07, 6.45) is 17.7. The van der Waals surface area contributed by atoms with Crippen molar-refractivity contribution in [3.05, 3.63) is 129 Å². The minimum Gasteiger partial charge on any atom is -0.399 e. The number of benzene rings is 4. The summed E-state index contributed by atoms with van der Waals surface area (Å²) in [5, 5.41) is 0. The van der Waals surface area contributed by atoms with Gasteiger partial charge in [0.05, 0.1) is 0 Å². The highest BCUT2D eigenvalue weighted by molar-refractivity contribution is 5.50. The third-order valence-electron chi connectivity index (χ3n) is 10.6. The standard InChI is InChI=1S/C46H64N2/c1-6-9-12-13-14-15-16-19-44(36-20-24-38(25-21-36)45(17-10-7-2)42-30-28-40(47)32-34(42)4)37-22-26-39(27-23-37)46(18-11-8-3)43-31-29-41(48)33-35(43)5/h20-33,44-46H,6-19,47-48H2,1-5H3. The molecule has 2 unspecified atom stereocenters. The van der Waals surface area contributed by atoms with E-state index < -0.39 is 0 Å². The van der Waals surface area contributed by atoms with Gasteiger partial charge in [0, 0.05) is 29.1 Å². The van der Waals surface area contributed by atoms with E-state index in [0.29, 0.717) is 17.8 Å². The third kappa shape index (κ3) is 10.5. The van der Waals surface area contributed by atoms with Gasteiger partial charge in [0.25, 0.3) is 0 Å². The van der Waals surface area contributed by atoms with Crippen molar-refractivity contribution in [2.24, 2.45) is 0 Å². The zero-order valence-electron chi connectivity index (χ0n) is 30.9. The number of anilines is 2. The van der Waals surface area contributed by atoms with E-state index in [1.54, 1.807) is 0 Å². The number of rotatable bonds is 20. The maximum Gasteiger partial charge on any atom is 0.0316 e. The van der Waals surface area contributed by atoms with Crippen molar-refractivity contribution in [2.45, 2.75) is 142 Å². The van der Waals surface area contributed by atoms with Gasteiger partial charge >= 0.3 is 0 Å². The molecule has 0 aliphatic heterocycles. The Labute approximate surface area is 293 Å². The molecule has 4 aromatic carbocycles. The Kier molecular flexibility index (Phi) is 15.1. The number of unbranched alkanes of at least 4 members (excludes halogenated alkanes) is 8. The summed E-state index contributed by atoms with van der Waals surface area (Å²) in [6.45, 7) is 11.3. The number of nitrogens with two attached hydrogens (primary N) is 2. The van der Waals surface area contributed by atoms with Crippen molar-refractivity contribution in [1.82, 2.24) is 0 Å². The van der Waals surface area contributed by atoms with Crippen LogP contribution in [0.3, 0.4) is 0 Å². The summed E-state index contributed by atoms with van der Waals surface area (Å²) >= 11 is 0. The maximum absolute atomic E-state index is 6.14. The predicted octanol–water partition coefficient (Wildman–Crippen LogP) is 13.4. The Balaban J connectivity index is 1.61. The lowest BCUT2D eigenvalue weighted by molar-refractivity contribution is 0.558. The van der Waals surface area contributed by atoms with Crippen LogP contribution in [0, 0.1) is 13.8 Å². The van der Waals surface area contributed by atoms with E-state index in [9.17, 15) is 0 Å². The van der Waals surface area contributed by atoms with Crippen molar-refractivity contribution in [2.75, 3.05) is 11.5 Å². The molecule has 48 heavy (non-hydrogen) atoms. The summed E-state index contributed by atoms with van der Waals surface area (Å²) in [5.74, 6) is 1.21. The summed E-state index contributed by atoms with van der Waals surface area (Å²) < 4.78 is 0. The Morgan fingerprint density at radius 3 is 1.10 bits per heavy atom. The van der Waals surface area contributed by atoms with E-state index in [1.807, 2.05) is 0 Å². The van der Waals surface area contributed by atoms with Gasteiger partial charge in [-0.05, 0) is 102 Å². The van der Waals surface area contributed by atoms with Gasteiger partial charge in [-0.1, -0.05) is 152 Å². The lowest BCUT2D eigenvalue weighted by Crippen LogP contribution is -2.07. The van der Waals surface area contributed by atoms with Crippen LogP contribution in [0.2, 0.25) is 0 Å². The minimum absolute atomic E-state index is 0.400. The average Bonchev–Trinajstić information content (AvgIpc) is 3.08. The van der Waals surface area contributed by atoms with Gasteiger partial charge in [0.1, 0.15) is 0 Å². The van der Waals surface area contributed by atoms with Crippen LogP contribution in [-0.4, -0.2) is 0 Å². The van der Waals surface area contributed by atoms with Crippen molar-refractivity contribution in [3.8, 4) is 0 Å². The van der Waals surface area contributed by atoms with Crippen LogP contribution < -0.4 is 11.5 Å². The SMILES string of the molecule is CCCCCCCCCC(c1ccc(C(CCCC)c2ccc(N)cc2C)cc1)c1ccc(C(CCCC)c2ccc(N)cc2C)cc1. The monoisotopic (exact) mass is 645 g/mol. The fourth-order valence-corrected chi connectivity index (χ4v) is 7.75. The van der Waals surface area contributed by atoms with Crippen molar-refractivity contribution >= 4 is 11.4 Å². The van der Waals surface area contributed by atoms with Crippen LogP contribution in [0.15, 0.2) is 84.9 Å². The smallest absolute Gasteiger partial charge is 0.0316 e. The molecule has 4 aromatic rings. The van der Waals surface area contributed by atoms with E-state index in [4.69, 9.17) is 11.5 Å². The molecule has 0 saturated heterocycles. The van der Waals surface area contributed by atoms with Gasteiger partial charge < -0.3 is 11.5 Å². The summed E-state index contributed by atoms with van der Waals surface area (Å²) in [4.78, 5) is 0. The van der Waals surface area contributed by atoms with E-state index >= 15 is 0 Å². The van der Waals surface area contributed by atoms with Crippen molar-refractivity contribution in [1.29, 1.82) is 0 Å². The second-order valence-electron chi connectivity index (χ2n) is 14.4. The molecule has 0 radical (unpaired) electrons. The first-order valence-corrected chi connectivity index (χ1v) is 19.3. The largest absolute Gasteiger partial charge is 0.399 e. The highest BCUT2D eigenvalue weighted by Gasteiger charge is 2.21. The molecule has 0 saturated carbocycles. The van der Waals surface area contributed by atoms with Gasteiger partial charge in [-0.15, -0.1) is 0 Å². The molecule has 0 bridgehead atoms. The molecule has 258 valence electrons. The lowest BCUT2D eigenvalue weighted by atomic mass is 9.81. The zero-order valence-corrected chi connectivity index (χ0v) is 30.9. The van der Waals surface area contributed by atoms with E-state index in [1.165, 1.54) is 122 Å². The van der Waals surface area contributed by atoms with Crippen LogP contribution in [0.4, 0.5) is 11.4 Å². The predicted molar refractivity (Wildman–Crippen MR) is 211 cm³/mol. The van der Waals surface area contributed by atoms with Crippen LogP contribution in [0.25, 0.3) is 0 Å². The Hall–Kier alpha value is -3.52. The summed E-state index contributed by atoms with van der Waals surface area (Å²) in [7, 11) is 0. The molecule has 0 amide bonds. The Morgan fingerprint density at radius 1 is 0.396 bits per heavy atom. The fourth-order valence-electron chi connectivity index (χ4n) is 7.75. The highest BCUT2D eigenvalue weighted by atomic mass is 14.5. The second kappa shape index (κ2) is 19.5. The quantitative estimate of drug-likeness (QED) is 0.0743. The molecule has 4 rings (SSSR count). The number of hydrogen-bond acceptors (Lipinski definition) is 2. The first-order valence-electron chi connectivity index (χ1n) is 19.3. The maximum atomic E-state index is 6.14. The summed E-state index contributed by atoms with van der Waals surface area (Å²) in [5.41, 5.74) is 25.1. The molecular weight excluding hydrogens is 581 g/mol. The van der Waals surface area contributed by atoms with Crippen molar-refractivity contribution in [3.63, 3.8) is 0 Å². The second-order valence-corrected chi connectivity index (χ2v) is 14.4. The van der Waals surface area contributed by atoms with E-state index in [-0.39, 0.29) is 0 Å². The molecule has 0 aliphatic rings. The number of hydrogen-bond donors (Lipinski definition) is 2. The molecule has 0 spiro atoms. The van der Waals surface area contributed by atoms with Gasteiger partial charge in [-0.25, -0.2) is 0 Å². The minimum atomic E-state index is 0.400. The van der Waals surface area contributed by atoms with Crippen LogP contribution in [-0.2, 0) is 0 Å². The van der Waals surface area contributed by atoms with Gasteiger partial charge in [0.15, 0.2) is 0 Å². The first kappa shape index (κ1) is 37.3. The topological polar surface area (TPSA) is 52.0 Å². The fraction of sp³-hybridized carbons (Fsp3) is 0.478. The van der Waals surface area contributed by atoms with Gasteiger partial charge in [-0.3, -0.25) is 0 Å². The molecule has 0 heterocycles. The molecule has 2 heteroatoms. The lowest BCUT2D eigenvalue weighted by Gasteiger charge is -2.24.